The molecule has 4 rings (SSSR count). The average molecular weight is 543 g/mol. The molecule has 1 heterocycles. The molecule has 1 N–H and O–H groups in total. The predicted molar refractivity (Wildman–Crippen MR) is 139 cm³/mol. The van der Waals surface area contributed by atoms with E-state index < -0.39 is 28.3 Å². The Morgan fingerprint density at radius 3 is 2.47 bits per heavy atom. The molecule has 0 atom stereocenters. The molecule has 0 bridgehead atoms. The molecule has 0 spiro atoms. The third kappa shape index (κ3) is 5.54. The number of nitrogens with one attached hydrogen (secondary N) is 1. The van der Waals surface area contributed by atoms with Gasteiger partial charge < -0.3 is 5.32 Å². The molecule has 1 aromatic heterocycles. The summed E-state index contributed by atoms with van der Waals surface area (Å²) in [7, 11) is 0. The number of hydrogen-bond donors (Lipinski definition) is 1. The Kier molecular flexibility index (Phi) is 7.53. The summed E-state index contributed by atoms with van der Waals surface area (Å²) in [6, 6.07) is 16.0. The zero-order chi connectivity index (χ0) is 27.6. The van der Waals surface area contributed by atoms with Crippen LogP contribution in [0.4, 0.5) is 24.5 Å². The first-order valence-corrected chi connectivity index (χ1v) is 12.4. The number of thioether (sulfide) groups is 1. The maximum Gasteiger partial charge on any atom is 0.416 e. The zero-order valence-corrected chi connectivity index (χ0v) is 21.0. The van der Waals surface area contributed by atoms with Crippen molar-refractivity contribution in [3.63, 3.8) is 0 Å². The molecule has 3 aromatic carbocycles. The molecule has 0 aliphatic heterocycles. The normalized spacial score (nSPS) is 11.6. The van der Waals surface area contributed by atoms with Gasteiger partial charge in [0.1, 0.15) is 5.69 Å². The molecule has 12 heteroatoms. The van der Waals surface area contributed by atoms with Crippen molar-refractivity contribution in [1.82, 2.24) is 9.55 Å². The van der Waals surface area contributed by atoms with Gasteiger partial charge in [-0.3, -0.25) is 24.3 Å². The van der Waals surface area contributed by atoms with E-state index in [-0.39, 0.29) is 28.1 Å². The Labute approximate surface area is 218 Å². The van der Waals surface area contributed by atoms with Crippen LogP contribution >= 0.6 is 11.8 Å². The van der Waals surface area contributed by atoms with Crippen molar-refractivity contribution in [3.8, 4) is 5.69 Å². The number of nitro benzene ring substituents is 1. The molecule has 8 nitrogen and oxygen atoms in total. The van der Waals surface area contributed by atoms with E-state index in [0.717, 1.165) is 23.4 Å². The van der Waals surface area contributed by atoms with E-state index in [2.05, 4.69) is 10.3 Å². The number of alkyl halides is 3. The summed E-state index contributed by atoms with van der Waals surface area (Å²) >= 11 is 0.930. The number of amides is 1. The molecule has 1 amide bonds. The van der Waals surface area contributed by atoms with Crippen LogP contribution in [0, 0.1) is 10.1 Å². The van der Waals surface area contributed by atoms with E-state index in [4.69, 9.17) is 0 Å². The SMILES string of the molecule is CC(C)c1ccccc1-n1c(SCC(=O)Nc2ccc(C(F)(F)F)cc2[N+](=O)[O-])nc2ccccc2c1=O. The summed E-state index contributed by atoms with van der Waals surface area (Å²) in [5.41, 5.74) is -0.871. The van der Waals surface area contributed by atoms with E-state index >= 15 is 0 Å². The average Bonchev–Trinajstić information content (AvgIpc) is 2.87. The van der Waals surface area contributed by atoms with Crippen LogP contribution in [0.1, 0.15) is 30.9 Å². The molecule has 0 saturated heterocycles. The fourth-order valence-electron chi connectivity index (χ4n) is 3.88. The van der Waals surface area contributed by atoms with Crippen LogP contribution < -0.4 is 10.9 Å². The third-order valence-electron chi connectivity index (χ3n) is 5.67. The summed E-state index contributed by atoms with van der Waals surface area (Å²) in [4.78, 5) is 41.2. The molecule has 196 valence electrons. The van der Waals surface area contributed by atoms with Crippen molar-refractivity contribution in [1.29, 1.82) is 0 Å². The van der Waals surface area contributed by atoms with Crippen molar-refractivity contribution >= 4 is 39.9 Å². The Morgan fingerprint density at radius 1 is 1.11 bits per heavy atom. The predicted octanol–water partition coefficient (Wildman–Crippen LogP) is 6.17. The molecule has 0 saturated carbocycles. The fourth-order valence-corrected chi connectivity index (χ4v) is 4.69. The van der Waals surface area contributed by atoms with E-state index in [1.807, 2.05) is 26.0 Å². The van der Waals surface area contributed by atoms with Gasteiger partial charge in [-0.25, -0.2) is 4.98 Å². The van der Waals surface area contributed by atoms with Gasteiger partial charge in [0.15, 0.2) is 5.16 Å². The summed E-state index contributed by atoms with van der Waals surface area (Å²) in [6.07, 6.45) is -4.78. The summed E-state index contributed by atoms with van der Waals surface area (Å²) in [5, 5.41) is 14.3. The van der Waals surface area contributed by atoms with Gasteiger partial charge >= 0.3 is 6.18 Å². The molecular weight excluding hydrogens is 521 g/mol. The van der Waals surface area contributed by atoms with E-state index in [1.165, 1.54) is 4.57 Å². The van der Waals surface area contributed by atoms with Crippen LogP contribution in [0.2, 0.25) is 0 Å². The van der Waals surface area contributed by atoms with Crippen molar-refractivity contribution in [3.05, 3.63) is 98.3 Å². The Morgan fingerprint density at radius 2 is 1.79 bits per heavy atom. The maximum absolute atomic E-state index is 13.5. The Balaban J connectivity index is 1.69. The van der Waals surface area contributed by atoms with Gasteiger partial charge in [0, 0.05) is 6.07 Å². The van der Waals surface area contributed by atoms with Gasteiger partial charge in [0.25, 0.3) is 11.2 Å². The second-order valence-electron chi connectivity index (χ2n) is 8.59. The number of aromatic nitrogens is 2. The Hall–Kier alpha value is -4.19. The lowest BCUT2D eigenvalue weighted by molar-refractivity contribution is -0.384. The number of nitro groups is 1. The summed E-state index contributed by atoms with van der Waals surface area (Å²) < 4.78 is 40.4. The molecule has 0 aliphatic carbocycles. The number of benzene rings is 3. The lowest BCUT2D eigenvalue weighted by Crippen LogP contribution is -2.24. The second kappa shape index (κ2) is 10.7. The summed E-state index contributed by atoms with van der Waals surface area (Å²) in [5.74, 6) is -0.956. The number of halogens is 3. The van der Waals surface area contributed by atoms with Gasteiger partial charge in [-0.2, -0.15) is 13.2 Å². The molecule has 0 aliphatic rings. The van der Waals surface area contributed by atoms with Crippen LogP contribution in [0.25, 0.3) is 16.6 Å². The number of rotatable bonds is 7. The first-order chi connectivity index (χ1) is 18.0. The fraction of sp³-hybridized carbons (Fsp3) is 0.192. The largest absolute Gasteiger partial charge is 0.416 e. The van der Waals surface area contributed by atoms with Crippen molar-refractivity contribution in [2.75, 3.05) is 11.1 Å². The van der Waals surface area contributed by atoms with Crippen LogP contribution in [-0.2, 0) is 11.0 Å². The number of para-hydroxylation sites is 2. The topological polar surface area (TPSA) is 107 Å². The van der Waals surface area contributed by atoms with Crippen molar-refractivity contribution in [2.45, 2.75) is 31.1 Å². The zero-order valence-electron chi connectivity index (χ0n) is 20.2. The number of fused-ring (bicyclic) bond motifs is 1. The van der Waals surface area contributed by atoms with Gasteiger partial charge in [-0.1, -0.05) is 55.9 Å². The molecule has 0 unspecified atom stereocenters. The third-order valence-corrected chi connectivity index (χ3v) is 6.61. The van der Waals surface area contributed by atoms with Crippen molar-refractivity contribution in [2.24, 2.45) is 0 Å². The van der Waals surface area contributed by atoms with Crippen LogP contribution in [0.3, 0.4) is 0 Å². The summed E-state index contributed by atoms with van der Waals surface area (Å²) in [6.45, 7) is 3.96. The van der Waals surface area contributed by atoms with Gasteiger partial charge in [0.05, 0.1) is 32.8 Å². The van der Waals surface area contributed by atoms with Crippen LogP contribution in [0.5, 0.6) is 0 Å². The highest BCUT2D eigenvalue weighted by molar-refractivity contribution is 7.99. The molecule has 0 radical (unpaired) electrons. The minimum atomic E-state index is -4.78. The van der Waals surface area contributed by atoms with Crippen molar-refractivity contribution < 1.29 is 22.9 Å². The first kappa shape index (κ1) is 26.9. The monoisotopic (exact) mass is 542 g/mol. The van der Waals surface area contributed by atoms with E-state index in [1.54, 1.807) is 36.4 Å². The maximum atomic E-state index is 13.5. The molecule has 0 fully saturated rings. The number of anilines is 1. The van der Waals surface area contributed by atoms with E-state index in [9.17, 15) is 32.9 Å². The highest BCUT2D eigenvalue weighted by Gasteiger charge is 2.33. The highest BCUT2D eigenvalue weighted by atomic mass is 32.2. The van der Waals surface area contributed by atoms with Crippen LogP contribution in [-0.4, -0.2) is 26.1 Å². The number of carbonyl (C=O) groups is 1. The lowest BCUT2D eigenvalue weighted by atomic mass is 10.0. The molecule has 38 heavy (non-hydrogen) atoms. The second-order valence-corrected chi connectivity index (χ2v) is 9.53. The smallest absolute Gasteiger partial charge is 0.320 e. The minimum absolute atomic E-state index is 0.0749. The standard InChI is InChI=1S/C26H21F3N4O4S/c1-15(2)17-7-4-6-10-21(17)32-24(35)18-8-3-5-9-19(18)31-25(32)38-14-23(34)30-20-12-11-16(26(27,28)29)13-22(20)33(36)37/h3-13,15H,14H2,1-2H3,(H,30,34). The minimum Gasteiger partial charge on any atom is -0.320 e. The number of nitrogens with zero attached hydrogens (tertiary/aromatic N) is 3. The number of hydrogen-bond acceptors (Lipinski definition) is 6. The quantitative estimate of drug-likeness (QED) is 0.130. The highest BCUT2D eigenvalue weighted by Crippen LogP contribution is 2.35. The van der Waals surface area contributed by atoms with E-state index in [0.29, 0.717) is 28.7 Å². The van der Waals surface area contributed by atoms with Gasteiger partial charge in [-0.05, 0) is 41.8 Å². The van der Waals surface area contributed by atoms with Gasteiger partial charge in [-0.15, -0.1) is 0 Å². The Bertz CT molecular complexity index is 1600. The van der Waals surface area contributed by atoms with Crippen LogP contribution in [0.15, 0.2) is 76.7 Å². The molecular formula is C26H21F3N4O4S. The molecule has 4 aromatic rings. The first-order valence-electron chi connectivity index (χ1n) is 11.4. The van der Waals surface area contributed by atoms with Gasteiger partial charge in [0.2, 0.25) is 5.91 Å². The number of carbonyl (C=O) groups excluding carboxylic acids is 1. The lowest BCUT2D eigenvalue weighted by Gasteiger charge is -2.18.